The van der Waals surface area contributed by atoms with E-state index in [0.29, 0.717) is 16.2 Å². The molecule has 2 aromatic carbocycles. The fraction of sp³-hybridized carbons (Fsp3) is 0.250. The van der Waals surface area contributed by atoms with Gasteiger partial charge in [-0.05, 0) is 19.1 Å². The minimum Gasteiger partial charge on any atom is -0.491 e. The average Bonchev–Trinajstić information content (AvgIpc) is 2.72. The molecule has 7 nitrogen and oxygen atoms in total. The van der Waals surface area contributed by atoms with Crippen molar-refractivity contribution in [3.63, 3.8) is 0 Å². The van der Waals surface area contributed by atoms with Gasteiger partial charge < -0.3 is 15.2 Å². The number of fused-ring (bicyclic) bond motifs is 1. The first-order chi connectivity index (χ1) is 13.5. The lowest BCUT2D eigenvalue weighted by atomic mass is 10.1. The van der Waals surface area contributed by atoms with E-state index >= 15 is 0 Å². The van der Waals surface area contributed by atoms with Crippen LogP contribution in [-0.2, 0) is 0 Å². The quantitative estimate of drug-likeness (QED) is 0.321. The molecule has 0 fully saturated rings. The van der Waals surface area contributed by atoms with Crippen LogP contribution in [0.3, 0.4) is 0 Å². The second-order valence-electron chi connectivity index (χ2n) is 6.30. The number of carbonyl (C=O) groups excluding carboxylic acids is 1. The molecule has 0 aliphatic heterocycles. The highest BCUT2D eigenvalue weighted by molar-refractivity contribution is 7.80. The van der Waals surface area contributed by atoms with Crippen LogP contribution in [0.2, 0.25) is 0 Å². The molecule has 2 atom stereocenters. The van der Waals surface area contributed by atoms with Crippen LogP contribution in [0.5, 0.6) is 5.75 Å². The van der Waals surface area contributed by atoms with Gasteiger partial charge in [-0.3, -0.25) is 10.1 Å². The molecule has 0 bridgehead atoms. The fourth-order valence-corrected chi connectivity index (χ4v) is 2.89. The minimum atomic E-state index is -0.719. The van der Waals surface area contributed by atoms with Crippen LogP contribution in [0.15, 0.2) is 59.6 Å². The predicted molar refractivity (Wildman–Crippen MR) is 117 cm³/mol. The topological polar surface area (TPSA) is 96.4 Å². The van der Waals surface area contributed by atoms with E-state index in [2.05, 4.69) is 33.5 Å². The number of nitrogens with zero attached hydrogens (tertiary/aromatic N) is 2. The van der Waals surface area contributed by atoms with Crippen molar-refractivity contribution in [3.05, 3.63) is 60.3 Å². The number of aliphatic hydroxyl groups is 1. The van der Waals surface area contributed by atoms with Gasteiger partial charge in [0.15, 0.2) is 5.69 Å². The van der Waals surface area contributed by atoms with Crippen molar-refractivity contribution in [1.29, 1.82) is 0 Å². The Morgan fingerprint density at radius 1 is 1.10 bits per heavy atom. The summed E-state index contributed by atoms with van der Waals surface area (Å²) in [6, 6.07) is 16.6. The molecule has 3 aromatic rings. The van der Waals surface area contributed by atoms with Crippen molar-refractivity contribution in [2.45, 2.75) is 24.2 Å². The zero-order chi connectivity index (χ0) is 19.9. The monoisotopic (exact) mass is 434 g/mol. The van der Waals surface area contributed by atoms with E-state index in [9.17, 15) is 9.90 Å². The molecule has 29 heavy (non-hydrogen) atoms. The van der Waals surface area contributed by atoms with Gasteiger partial charge in [-0.1, -0.05) is 42.5 Å². The molecule has 0 aliphatic rings. The summed E-state index contributed by atoms with van der Waals surface area (Å²) in [4.78, 5) is 12.6. The van der Waals surface area contributed by atoms with Crippen molar-refractivity contribution < 1.29 is 14.6 Å². The zero-order valence-electron chi connectivity index (χ0n) is 15.8. The molecule has 3 N–H and O–H groups in total. The molecule has 0 radical (unpaired) electrons. The summed E-state index contributed by atoms with van der Waals surface area (Å²) in [6.45, 7) is 2.19. The molecule has 0 aliphatic carbocycles. The maximum Gasteiger partial charge on any atom is 0.273 e. The van der Waals surface area contributed by atoms with Gasteiger partial charge in [0.25, 0.3) is 5.91 Å². The SMILES string of the molecule is CC(NCC(O)COc1ccccc1)NC(=O)c1nnc(S)c2ccccc12.Cl. The molecular weight excluding hydrogens is 412 g/mol. The Labute approximate surface area is 180 Å². The Hall–Kier alpha value is -2.39. The van der Waals surface area contributed by atoms with Crippen molar-refractivity contribution >= 4 is 41.7 Å². The molecule has 0 saturated heterocycles. The molecule has 3 rings (SSSR count). The van der Waals surface area contributed by atoms with Crippen LogP contribution in [-0.4, -0.2) is 46.6 Å². The van der Waals surface area contributed by atoms with Crippen LogP contribution in [0.25, 0.3) is 10.8 Å². The Morgan fingerprint density at radius 2 is 1.76 bits per heavy atom. The first-order valence-corrected chi connectivity index (χ1v) is 9.34. The standard InChI is InChI=1S/C20H22N4O3S.ClH/c1-13(21-11-14(25)12-27-15-7-3-2-4-8-15)22-19(26)18-16-9-5-6-10-17(16)20(28)24-23-18;/h2-10,13-14,21,25H,11-12H2,1H3,(H,22,26)(H,24,28);1H. The van der Waals surface area contributed by atoms with Crippen molar-refractivity contribution in [2.75, 3.05) is 13.2 Å². The first-order valence-electron chi connectivity index (χ1n) is 8.89. The number of thiol groups is 1. The van der Waals surface area contributed by atoms with Gasteiger partial charge in [-0.15, -0.1) is 35.2 Å². The number of halogens is 1. The normalized spacial score (nSPS) is 12.7. The lowest BCUT2D eigenvalue weighted by Crippen LogP contribution is -2.46. The van der Waals surface area contributed by atoms with Crippen molar-refractivity contribution in [2.24, 2.45) is 0 Å². The maximum absolute atomic E-state index is 12.6. The molecule has 1 heterocycles. The van der Waals surface area contributed by atoms with Crippen LogP contribution >= 0.6 is 25.0 Å². The molecule has 0 spiro atoms. The predicted octanol–water partition coefficient (Wildman–Crippen LogP) is 2.45. The summed E-state index contributed by atoms with van der Waals surface area (Å²) >= 11 is 4.28. The summed E-state index contributed by atoms with van der Waals surface area (Å²) in [5.41, 5.74) is 0.231. The number of aromatic nitrogens is 2. The maximum atomic E-state index is 12.6. The van der Waals surface area contributed by atoms with E-state index in [0.717, 1.165) is 5.39 Å². The number of ether oxygens (including phenoxy) is 1. The number of amides is 1. The Bertz CT molecular complexity index is 945. The number of hydrogen-bond acceptors (Lipinski definition) is 7. The molecule has 154 valence electrons. The van der Waals surface area contributed by atoms with Gasteiger partial charge in [-0.25, -0.2) is 0 Å². The van der Waals surface area contributed by atoms with Crippen molar-refractivity contribution in [1.82, 2.24) is 20.8 Å². The lowest BCUT2D eigenvalue weighted by Gasteiger charge is -2.19. The van der Waals surface area contributed by atoms with Gasteiger partial charge in [0.1, 0.15) is 23.5 Å². The van der Waals surface area contributed by atoms with E-state index in [1.165, 1.54) is 0 Å². The Morgan fingerprint density at radius 3 is 2.48 bits per heavy atom. The van der Waals surface area contributed by atoms with Crippen molar-refractivity contribution in [3.8, 4) is 5.75 Å². The second kappa shape index (κ2) is 11.0. The van der Waals surface area contributed by atoms with Crippen LogP contribution < -0.4 is 15.4 Å². The molecule has 2 unspecified atom stereocenters. The van der Waals surface area contributed by atoms with Gasteiger partial charge >= 0.3 is 0 Å². The van der Waals surface area contributed by atoms with E-state index < -0.39 is 6.10 Å². The van der Waals surface area contributed by atoms with Gasteiger partial charge in [0.05, 0.1) is 6.17 Å². The third-order valence-electron chi connectivity index (χ3n) is 4.08. The van der Waals surface area contributed by atoms with Crippen LogP contribution in [0, 0.1) is 0 Å². The number of carbonyl (C=O) groups is 1. The van der Waals surface area contributed by atoms with E-state index in [1.54, 1.807) is 13.0 Å². The smallest absolute Gasteiger partial charge is 0.273 e. The zero-order valence-corrected chi connectivity index (χ0v) is 17.5. The second-order valence-corrected chi connectivity index (χ2v) is 6.72. The summed E-state index contributed by atoms with van der Waals surface area (Å²) in [7, 11) is 0. The third-order valence-corrected chi connectivity index (χ3v) is 4.41. The largest absolute Gasteiger partial charge is 0.491 e. The number of hydrogen-bond donors (Lipinski definition) is 4. The first kappa shape index (κ1) is 22.9. The highest BCUT2D eigenvalue weighted by Crippen LogP contribution is 2.21. The highest BCUT2D eigenvalue weighted by Gasteiger charge is 2.17. The molecule has 0 saturated carbocycles. The Balaban J connectivity index is 0.00000300. The van der Waals surface area contributed by atoms with Gasteiger partial charge in [0.2, 0.25) is 0 Å². The molecular formula is C20H23ClN4O3S. The van der Waals surface area contributed by atoms with Gasteiger partial charge in [-0.2, -0.15) is 0 Å². The average molecular weight is 435 g/mol. The number of para-hydroxylation sites is 1. The Kier molecular flexibility index (Phi) is 8.66. The number of rotatable bonds is 8. The van der Waals surface area contributed by atoms with E-state index in [4.69, 9.17) is 4.74 Å². The van der Waals surface area contributed by atoms with Crippen LogP contribution in [0.4, 0.5) is 0 Å². The van der Waals surface area contributed by atoms with E-state index in [-0.39, 0.29) is 43.3 Å². The number of benzene rings is 2. The van der Waals surface area contributed by atoms with E-state index in [1.807, 2.05) is 48.5 Å². The number of aliphatic hydroxyl groups excluding tert-OH is 1. The number of nitrogens with one attached hydrogen (secondary N) is 2. The molecule has 9 heteroatoms. The summed E-state index contributed by atoms with van der Waals surface area (Å²) in [5, 5.41) is 25.8. The molecule has 1 aromatic heterocycles. The molecule has 1 amide bonds. The summed E-state index contributed by atoms with van der Waals surface area (Å²) in [6.07, 6.45) is -1.10. The summed E-state index contributed by atoms with van der Waals surface area (Å²) in [5.74, 6) is 0.341. The minimum absolute atomic E-state index is 0. The van der Waals surface area contributed by atoms with Crippen LogP contribution in [0.1, 0.15) is 17.4 Å². The highest BCUT2D eigenvalue weighted by atomic mass is 35.5. The fourth-order valence-electron chi connectivity index (χ4n) is 2.65. The van der Waals surface area contributed by atoms with Gasteiger partial charge in [0, 0.05) is 17.3 Å². The summed E-state index contributed by atoms with van der Waals surface area (Å²) < 4.78 is 5.51. The lowest BCUT2D eigenvalue weighted by molar-refractivity contribution is 0.0891. The third kappa shape index (κ3) is 6.30.